The fourth-order valence-electron chi connectivity index (χ4n) is 2.71. The van der Waals surface area contributed by atoms with Crippen LogP contribution in [-0.4, -0.2) is 19.5 Å². The highest BCUT2D eigenvalue weighted by Gasteiger charge is 2.15. The van der Waals surface area contributed by atoms with Crippen molar-refractivity contribution in [2.45, 2.75) is 31.7 Å². The number of aromatic nitrogens is 1. The third-order valence-corrected chi connectivity index (χ3v) is 6.29. The quantitative estimate of drug-likeness (QED) is 0.511. The van der Waals surface area contributed by atoms with Crippen LogP contribution in [0.2, 0.25) is 5.02 Å². The number of benzene rings is 2. The Morgan fingerprint density at radius 3 is 2.52 bits per heavy atom. The van der Waals surface area contributed by atoms with Crippen LogP contribution in [-0.2, 0) is 21.4 Å². The summed E-state index contributed by atoms with van der Waals surface area (Å²) in [5, 5.41) is 7.14. The molecule has 0 saturated heterocycles. The second kappa shape index (κ2) is 9.91. The van der Waals surface area contributed by atoms with Crippen molar-refractivity contribution in [1.82, 2.24) is 9.88 Å². The number of nitrogens with one attached hydrogen (secondary N) is 2. The highest BCUT2D eigenvalue weighted by molar-refractivity contribution is 7.89. The van der Waals surface area contributed by atoms with Crippen LogP contribution in [0.5, 0.6) is 0 Å². The van der Waals surface area contributed by atoms with Gasteiger partial charge in [-0.15, -0.1) is 0 Å². The van der Waals surface area contributed by atoms with Crippen LogP contribution in [0.4, 0.5) is 5.69 Å². The molecule has 0 radical (unpaired) electrons. The SMILES string of the molecule is CCC(=O)Nc1c(C)noc1/C=C\c1ccc(S(=O)(=O)NCc2ccccc2Cl)cc1. The van der Waals surface area contributed by atoms with E-state index in [1.165, 1.54) is 12.1 Å². The fraction of sp³-hybridized carbons (Fsp3) is 0.182. The predicted molar refractivity (Wildman–Crippen MR) is 121 cm³/mol. The molecule has 31 heavy (non-hydrogen) atoms. The number of sulfonamides is 1. The number of hydrogen-bond acceptors (Lipinski definition) is 5. The lowest BCUT2D eigenvalue weighted by Gasteiger charge is -2.08. The Kier molecular flexibility index (Phi) is 7.27. The number of anilines is 1. The van der Waals surface area contributed by atoms with Gasteiger partial charge in [0.25, 0.3) is 0 Å². The van der Waals surface area contributed by atoms with E-state index < -0.39 is 10.0 Å². The lowest BCUT2D eigenvalue weighted by atomic mass is 10.2. The van der Waals surface area contributed by atoms with Crippen molar-refractivity contribution in [1.29, 1.82) is 0 Å². The van der Waals surface area contributed by atoms with Crippen LogP contribution in [0.25, 0.3) is 12.2 Å². The summed E-state index contributed by atoms with van der Waals surface area (Å²) in [6, 6.07) is 13.4. The first-order chi connectivity index (χ1) is 14.8. The van der Waals surface area contributed by atoms with Crippen molar-refractivity contribution in [2.24, 2.45) is 0 Å². The summed E-state index contributed by atoms with van der Waals surface area (Å²) >= 11 is 6.08. The van der Waals surface area contributed by atoms with Gasteiger partial charge in [-0.2, -0.15) is 0 Å². The van der Waals surface area contributed by atoms with E-state index in [1.807, 2.05) is 0 Å². The average Bonchev–Trinajstić information content (AvgIpc) is 3.11. The number of aryl methyl sites for hydroxylation is 1. The normalized spacial score (nSPS) is 11.7. The van der Waals surface area contributed by atoms with Crippen LogP contribution >= 0.6 is 11.6 Å². The molecule has 0 aliphatic rings. The topological polar surface area (TPSA) is 101 Å². The number of amides is 1. The first kappa shape index (κ1) is 22.7. The lowest BCUT2D eigenvalue weighted by Crippen LogP contribution is -2.23. The Morgan fingerprint density at radius 1 is 1.13 bits per heavy atom. The van der Waals surface area contributed by atoms with Crippen molar-refractivity contribution in [2.75, 3.05) is 5.32 Å². The van der Waals surface area contributed by atoms with Crippen molar-refractivity contribution in [3.63, 3.8) is 0 Å². The molecule has 0 unspecified atom stereocenters. The van der Waals surface area contributed by atoms with Gasteiger partial charge in [-0.25, -0.2) is 13.1 Å². The van der Waals surface area contributed by atoms with Crippen molar-refractivity contribution in [3.05, 3.63) is 76.1 Å². The number of hydrogen-bond donors (Lipinski definition) is 2. The maximum atomic E-state index is 12.6. The third kappa shape index (κ3) is 5.81. The van der Waals surface area contributed by atoms with Gasteiger partial charge >= 0.3 is 0 Å². The molecule has 1 aromatic heterocycles. The minimum atomic E-state index is -3.69. The smallest absolute Gasteiger partial charge is 0.240 e. The molecule has 9 heteroatoms. The highest BCUT2D eigenvalue weighted by Crippen LogP contribution is 2.23. The zero-order valence-corrected chi connectivity index (χ0v) is 18.6. The number of nitrogens with zero attached hydrogens (tertiary/aromatic N) is 1. The standard InChI is InChI=1S/C22H22ClN3O4S/c1-3-21(27)25-22-15(2)26-30-20(22)13-10-16-8-11-18(12-9-16)31(28,29)24-14-17-6-4-5-7-19(17)23/h4-13,24H,3,14H2,1-2H3,(H,25,27)/b13-10-. The number of rotatable bonds is 8. The van der Waals surface area contributed by atoms with Gasteiger partial charge in [0.2, 0.25) is 15.9 Å². The molecule has 0 aliphatic carbocycles. The Bertz CT molecular complexity index is 1200. The Morgan fingerprint density at radius 2 is 1.84 bits per heavy atom. The van der Waals surface area contributed by atoms with Gasteiger partial charge in [0.15, 0.2) is 5.76 Å². The average molecular weight is 460 g/mol. The molecular formula is C22H22ClN3O4S. The second-order valence-electron chi connectivity index (χ2n) is 6.73. The fourth-order valence-corrected chi connectivity index (χ4v) is 3.92. The van der Waals surface area contributed by atoms with Crippen molar-refractivity contribution < 1.29 is 17.7 Å². The van der Waals surface area contributed by atoms with Crippen molar-refractivity contribution in [3.8, 4) is 0 Å². The summed E-state index contributed by atoms with van der Waals surface area (Å²) in [5.74, 6) is 0.275. The molecule has 162 valence electrons. The zero-order chi connectivity index (χ0) is 22.4. The molecule has 0 fully saturated rings. The first-order valence-electron chi connectivity index (χ1n) is 9.57. The molecule has 2 aromatic carbocycles. The molecule has 1 heterocycles. The van der Waals surface area contributed by atoms with Gasteiger partial charge < -0.3 is 9.84 Å². The molecule has 0 aliphatic heterocycles. The van der Waals surface area contributed by atoms with Gasteiger partial charge in [0.1, 0.15) is 11.4 Å². The molecular weight excluding hydrogens is 438 g/mol. The number of carbonyl (C=O) groups excluding carboxylic acids is 1. The third-order valence-electron chi connectivity index (χ3n) is 4.50. The van der Waals surface area contributed by atoms with Gasteiger partial charge in [0.05, 0.1) is 4.90 Å². The molecule has 1 amide bonds. The zero-order valence-electron chi connectivity index (χ0n) is 17.1. The van der Waals surface area contributed by atoms with E-state index in [-0.39, 0.29) is 17.3 Å². The molecule has 2 N–H and O–H groups in total. The van der Waals surface area contributed by atoms with E-state index >= 15 is 0 Å². The molecule has 0 spiro atoms. The molecule has 0 atom stereocenters. The van der Waals surface area contributed by atoms with E-state index in [1.54, 1.807) is 62.4 Å². The van der Waals surface area contributed by atoms with E-state index in [0.717, 1.165) is 5.56 Å². The number of carbonyl (C=O) groups is 1. The van der Waals surface area contributed by atoms with Crippen LogP contribution in [0, 0.1) is 6.92 Å². The molecule has 7 nitrogen and oxygen atoms in total. The van der Waals surface area contributed by atoms with Gasteiger partial charge in [-0.1, -0.05) is 60.1 Å². The summed E-state index contributed by atoms with van der Waals surface area (Å²) < 4.78 is 32.9. The van der Waals surface area contributed by atoms with Gasteiger partial charge in [-0.3, -0.25) is 4.79 Å². The van der Waals surface area contributed by atoms with Gasteiger partial charge in [0, 0.05) is 18.0 Å². The molecule has 3 rings (SSSR count). The van der Waals surface area contributed by atoms with Crippen molar-refractivity contribution >= 4 is 45.4 Å². The largest absolute Gasteiger partial charge is 0.354 e. The van der Waals surface area contributed by atoms with Crippen LogP contribution in [0.1, 0.15) is 35.9 Å². The highest BCUT2D eigenvalue weighted by atomic mass is 35.5. The van der Waals surface area contributed by atoms with E-state index in [9.17, 15) is 13.2 Å². The first-order valence-corrected chi connectivity index (χ1v) is 11.4. The Hall–Kier alpha value is -2.94. The van der Waals surface area contributed by atoms with Crippen LogP contribution in [0.15, 0.2) is 57.9 Å². The minimum absolute atomic E-state index is 0.0980. The van der Waals surface area contributed by atoms with Crippen LogP contribution < -0.4 is 10.0 Å². The summed E-state index contributed by atoms with van der Waals surface area (Å²) in [7, 11) is -3.69. The monoisotopic (exact) mass is 459 g/mol. The van der Waals surface area contributed by atoms with Gasteiger partial charge in [-0.05, 0) is 42.3 Å². The molecule has 3 aromatic rings. The Balaban J connectivity index is 1.70. The maximum absolute atomic E-state index is 12.6. The van der Waals surface area contributed by atoms with Crippen LogP contribution in [0.3, 0.4) is 0 Å². The van der Waals surface area contributed by atoms with E-state index in [4.69, 9.17) is 16.1 Å². The maximum Gasteiger partial charge on any atom is 0.240 e. The minimum Gasteiger partial charge on any atom is -0.354 e. The van der Waals surface area contributed by atoms with E-state index in [0.29, 0.717) is 34.1 Å². The number of halogens is 1. The lowest BCUT2D eigenvalue weighted by molar-refractivity contribution is -0.115. The summed E-state index contributed by atoms with van der Waals surface area (Å²) in [5.41, 5.74) is 2.55. The Labute approximate surface area is 186 Å². The summed E-state index contributed by atoms with van der Waals surface area (Å²) in [6.07, 6.45) is 3.76. The molecule has 0 bridgehead atoms. The van der Waals surface area contributed by atoms with E-state index in [2.05, 4.69) is 15.2 Å². The second-order valence-corrected chi connectivity index (χ2v) is 8.90. The summed E-state index contributed by atoms with van der Waals surface area (Å²) in [4.78, 5) is 11.8. The predicted octanol–water partition coefficient (Wildman–Crippen LogP) is 4.63. The summed E-state index contributed by atoms with van der Waals surface area (Å²) in [6.45, 7) is 3.59. The molecule has 0 saturated carbocycles.